The van der Waals surface area contributed by atoms with Gasteiger partial charge in [-0.1, -0.05) is 11.6 Å². The second-order valence-corrected chi connectivity index (χ2v) is 5.13. The van der Waals surface area contributed by atoms with Crippen LogP contribution in [0, 0.1) is 0 Å². The molecule has 1 aliphatic carbocycles. The van der Waals surface area contributed by atoms with Crippen LogP contribution in [0.4, 0.5) is 13.2 Å². The number of carbonyl (C=O) groups is 1. The maximum absolute atomic E-state index is 12.6. The minimum absolute atomic E-state index is 0.0227. The molecule has 2 heterocycles. The van der Waals surface area contributed by atoms with E-state index in [0.29, 0.717) is 36.7 Å². The molecule has 21 heavy (non-hydrogen) atoms. The maximum atomic E-state index is 12.6. The molecule has 0 saturated heterocycles. The highest BCUT2D eigenvalue weighted by atomic mass is 35.5. The number of pyridine rings is 1. The van der Waals surface area contributed by atoms with Crippen molar-refractivity contribution in [2.24, 2.45) is 0 Å². The summed E-state index contributed by atoms with van der Waals surface area (Å²) in [7, 11) is 0. The summed E-state index contributed by atoms with van der Waals surface area (Å²) >= 11 is 5.90. The first-order valence-corrected chi connectivity index (χ1v) is 6.59. The molecule has 2 aromatic rings. The summed E-state index contributed by atoms with van der Waals surface area (Å²) in [4.78, 5) is 15.5. The molecule has 3 rings (SSSR count). The Bertz CT molecular complexity index is 724. The molecule has 8 heteroatoms. The zero-order chi connectivity index (χ0) is 15.2. The van der Waals surface area contributed by atoms with E-state index in [4.69, 9.17) is 11.6 Å². The van der Waals surface area contributed by atoms with E-state index in [1.54, 1.807) is 0 Å². The van der Waals surface area contributed by atoms with Gasteiger partial charge in [0.2, 0.25) is 0 Å². The van der Waals surface area contributed by atoms with Gasteiger partial charge in [0.15, 0.2) is 11.6 Å². The Hall–Kier alpha value is -1.89. The minimum Gasteiger partial charge on any atom is -0.294 e. The highest BCUT2D eigenvalue weighted by Gasteiger charge is 2.32. The number of rotatable bonds is 1. The Balaban J connectivity index is 2.08. The van der Waals surface area contributed by atoms with Crippen LogP contribution in [-0.4, -0.2) is 20.5 Å². The molecule has 0 aliphatic heterocycles. The summed E-state index contributed by atoms with van der Waals surface area (Å²) in [5, 5.41) is 3.88. The maximum Gasteiger partial charge on any atom is 0.417 e. The Kier molecular flexibility index (Phi) is 3.24. The van der Waals surface area contributed by atoms with Crippen LogP contribution in [0.2, 0.25) is 5.02 Å². The van der Waals surface area contributed by atoms with Gasteiger partial charge in [0.1, 0.15) is 0 Å². The molecule has 0 N–H and O–H groups in total. The van der Waals surface area contributed by atoms with Gasteiger partial charge in [-0.2, -0.15) is 18.3 Å². The van der Waals surface area contributed by atoms with E-state index >= 15 is 0 Å². The first kappa shape index (κ1) is 14.1. The Morgan fingerprint density at radius 1 is 1.24 bits per heavy atom. The van der Waals surface area contributed by atoms with Crippen molar-refractivity contribution in [3.63, 3.8) is 0 Å². The molecule has 4 nitrogen and oxygen atoms in total. The number of alkyl halides is 3. The monoisotopic (exact) mass is 315 g/mol. The van der Waals surface area contributed by atoms with Gasteiger partial charge in [-0.25, -0.2) is 9.67 Å². The molecule has 0 atom stereocenters. The molecule has 0 saturated carbocycles. The Labute approximate surface area is 122 Å². The van der Waals surface area contributed by atoms with E-state index in [1.165, 1.54) is 10.9 Å². The summed E-state index contributed by atoms with van der Waals surface area (Å²) in [6.45, 7) is 0. The highest BCUT2D eigenvalue weighted by molar-refractivity contribution is 6.32. The van der Waals surface area contributed by atoms with Crippen LogP contribution in [0.3, 0.4) is 0 Å². The van der Waals surface area contributed by atoms with Crippen molar-refractivity contribution >= 4 is 17.4 Å². The number of nitrogens with zero attached hydrogens (tertiary/aromatic N) is 3. The number of hydrogen-bond donors (Lipinski definition) is 0. The lowest BCUT2D eigenvalue weighted by molar-refractivity contribution is -0.137. The third kappa shape index (κ3) is 2.42. The molecule has 0 spiro atoms. The standard InChI is InChI=1S/C13H9ClF3N3O/c14-9-4-7(13(15,16)17)5-18-12(9)20-10-2-1-3-11(21)8(10)6-19-20/h4-6H,1-3H2. The first-order valence-electron chi connectivity index (χ1n) is 6.21. The van der Waals surface area contributed by atoms with Crippen molar-refractivity contribution in [1.82, 2.24) is 14.8 Å². The largest absolute Gasteiger partial charge is 0.417 e. The van der Waals surface area contributed by atoms with Crippen LogP contribution in [0.5, 0.6) is 0 Å². The quantitative estimate of drug-likeness (QED) is 0.809. The predicted octanol–water partition coefficient (Wildman–Crippen LogP) is 3.46. The zero-order valence-corrected chi connectivity index (χ0v) is 11.4. The summed E-state index contributed by atoms with van der Waals surface area (Å²) in [6.07, 6.45) is -0.649. The first-order chi connectivity index (χ1) is 9.88. The lowest BCUT2D eigenvalue weighted by Crippen LogP contribution is -2.14. The highest BCUT2D eigenvalue weighted by Crippen LogP contribution is 2.33. The van der Waals surface area contributed by atoms with Gasteiger partial charge in [0.05, 0.1) is 28.0 Å². The Morgan fingerprint density at radius 2 is 2.00 bits per heavy atom. The molecular formula is C13H9ClF3N3O. The fourth-order valence-electron chi connectivity index (χ4n) is 2.32. The summed E-state index contributed by atoms with van der Waals surface area (Å²) in [5.74, 6) is 0.0751. The lowest BCUT2D eigenvalue weighted by atomic mass is 9.97. The molecule has 0 bridgehead atoms. The van der Waals surface area contributed by atoms with Crippen LogP contribution in [0.25, 0.3) is 5.82 Å². The number of aromatic nitrogens is 3. The van der Waals surface area contributed by atoms with Gasteiger partial charge in [0, 0.05) is 12.6 Å². The van der Waals surface area contributed by atoms with Crippen LogP contribution >= 0.6 is 11.6 Å². The van der Waals surface area contributed by atoms with Gasteiger partial charge in [-0.15, -0.1) is 0 Å². The molecular weight excluding hydrogens is 307 g/mol. The second-order valence-electron chi connectivity index (χ2n) is 4.72. The van der Waals surface area contributed by atoms with Crippen LogP contribution in [0.15, 0.2) is 18.5 Å². The van der Waals surface area contributed by atoms with E-state index in [0.717, 1.165) is 6.07 Å². The third-order valence-corrected chi connectivity index (χ3v) is 3.61. The summed E-state index contributed by atoms with van der Waals surface area (Å²) in [5.41, 5.74) is 0.202. The molecule has 0 amide bonds. The predicted molar refractivity (Wildman–Crippen MR) is 68.6 cm³/mol. The Morgan fingerprint density at radius 3 is 2.67 bits per heavy atom. The van der Waals surface area contributed by atoms with Gasteiger partial charge in [-0.05, 0) is 18.9 Å². The third-order valence-electron chi connectivity index (χ3n) is 3.34. The number of halogens is 4. The van der Waals surface area contributed by atoms with E-state index in [1.807, 2.05) is 0 Å². The minimum atomic E-state index is -4.51. The molecule has 0 radical (unpaired) electrons. The number of Topliss-reactive ketones (excluding diaryl/α,β-unsaturated/α-hetero) is 1. The van der Waals surface area contributed by atoms with E-state index in [2.05, 4.69) is 10.1 Å². The number of hydrogen-bond acceptors (Lipinski definition) is 3. The molecule has 2 aromatic heterocycles. The number of carbonyl (C=O) groups excluding carboxylic acids is 1. The van der Waals surface area contributed by atoms with Crippen LogP contribution in [-0.2, 0) is 12.6 Å². The normalized spacial score (nSPS) is 15.1. The average Bonchev–Trinajstić information content (AvgIpc) is 2.83. The molecule has 110 valence electrons. The van der Waals surface area contributed by atoms with Crippen molar-refractivity contribution in [3.05, 3.63) is 40.3 Å². The van der Waals surface area contributed by atoms with Gasteiger partial charge in [0.25, 0.3) is 0 Å². The number of fused-ring (bicyclic) bond motifs is 1. The molecule has 0 aromatic carbocycles. The molecule has 0 fully saturated rings. The van der Waals surface area contributed by atoms with Crippen molar-refractivity contribution in [2.75, 3.05) is 0 Å². The fraction of sp³-hybridized carbons (Fsp3) is 0.308. The molecule has 0 unspecified atom stereocenters. The van der Waals surface area contributed by atoms with Gasteiger partial charge >= 0.3 is 6.18 Å². The van der Waals surface area contributed by atoms with Crippen molar-refractivity contribution in [1.29, 1.82) is 0 Å². The summed E-state index contributed by atoms with van der Waals surface area (Å²) < 4.78 is 39.1. The second kappa shape index (κ2) is 4.84. The zero-order valence-electron chi connectivity index (χ0n) is 10.6. The molecule has 1 aliphatic rings. The van der Waals surface area contributed by atoms with Crippen molar-refractivity contribution in [3.8, 4) is 5.82 Å². The topological polar surface area (TPSA) is 47.8 Å². The van der Waals surface area contributed by atoms with Gasteiger partial charge < -0.3 is 0 Å². The van der Waals surface area contributed by atoms with E-state index < -0.39 is 11.7 Å². The van der Waals surface area contributed by atoms with Crippen LogP contribution in [0.1, 0.15) is 34.5 Å². The summed E-state index contributed by atoms with van der Waals surface area (Å²) in [6, 6.07) is 0.808. The smallest absolute Gasteiger partial charge is 0.294 e. The van der Waals surface area contributed by atoms with Crippen molar-refractivity contribution < 1.29 is 18.0 Å². The lowest BCUT2D eigenvalue weighted by Gasteiger charge is -2.14. The van der Waals surface area contributed by atoms with E-state index in [-0.39, 0.29) is 16.6 Å². The van der Waals surface area contributed by atoms with Gasteiger partial charge in [-0.3, -0.25) is 4.79 Å². The van der Waals surface area contributed by atoms with Crippen LogP contribution < -0.4 is 0 Å². The number of ketones is 1. The SMILES string of the molecule is O=C1CCCc2c1cnn2-c1ncc(C(F)(F)F)cc1Cl. The van der Waals surface area contributed by atoms with Crippen molar-refractivity contribution in [2.45, 2.75) is 25.4 Å². The fourth-order valence-corrected chi connectivity index (χ4v) is 2.57. The van der Waals surface area contributed by atoms with E-state index in [9.17, 15) is 18.0 Å². The average molecular weight is 316 g/mol.